The van der Waals surface area contributed by atoms with E-state index in [2.05, 4.69) is 0 Å². The fourth-order valence-electron chi connectivity index (χ4n) is 5.31. The molecule has 0 aliphatic carbocycles. The molecule has 0 aromatic heterocycles. The molecule has 0 atom stereocenters. The van der Waals surface area contributed by atoms with Gasteiger partial charge in [-0.1, -0.05) is 13.5 Å². The van der Waals surface area contributed by atoms with E-state index >= 15 is 0 Å². The summed E-state index contributed by atoms with van der Waals surface area (Å²) >= 11 is 0. The van der Waals surface area contributed by atoms with Crippen LogP contribution in [-0.2, 0) is 0 Å². The molecule has 1 aliphatic rings. The second-order valence-corrected chi connectivity index (χ2v) is 18.5. The minimum atomic E-state index is -4.49. The van der Waals surface area contributed by atoms with Gasteiger partial charge in [-0.2, -0.15) is 0 Å². The maximum Gasteiger partial charge on any atom is 0.460 e. The fourth-order valence-corrected chi connectivity index (χ4v) is 14.4. The van der Waals surface area contributed by atoms with Crippen LogP contribution in [0.4, 0.5) is 0 Å². The molecule has 7 rings (SSSR count). The first kappa shape index (κ1) is 44.6. The lowest BCUT2D eigenvalue weighted by atomic mass is 10.3. The molecule has 66 heavy (non-hydrogen) atoms. The van der Waals surface area contributed by atoms with E-state index in [0.29, 0.717) is 0 Å². The summed E-state index contributed by atoms with van der Waals surface area (Å²) in [5, 5.41) is 54.9. The van der Waals surface area contributed by atoms with Crippen LogP contribution in [0.1, 0.15) is 0 Å². The zero-order chi connectivity index (χ0) is 46.2. The molecule has 0 bridgehead atoms. The molecular formula is C42H24N9O12P3. The summed E-state index contributed by atoms with van der Waals surface area (Å²) in [6, 6.07) is 34.7. The van der Waals surface area contributed by atoms with E-state index in [1.54, 1.807) is 37.5 Å². The Bertz CT molecular complexity index is 2580. The van der Waals surface area contributed by atoms with Gasteiger partial charge in [0.05, 0.1) is 0 Å². The van der Waals surface area contributed by atoms with Gasteiger partial charge in [-0.25, -0.2) is 0 Å². The summed E-state index contributed by atoms with van der Waals surface area (Å²) in [5.74, 6) is 1.40. The lowest BCUT2D eigenvalue weighted by Gasteiger charge is -2.33. The van der Waals surface area contributed by atoms with Gasteiger partial charge in [-0.05, 0) is 146 Å². The summed E-state index contributed by atoms with van der Waals surface area (Å²) < 4.78 is 85.3. The summed E-state index contributed by atoms with van der Waals surface area (Å²) in [7, 11) is -13.5. The van der Waals surface area contributed by atoms with E-state index in [4.69, 9.17) is 101 Å². The van der Waals surface area contributed by atoms with Crippen molar-refractivity contribution >= 4 is 23.0 Å². The average Bonchev–Trinajstić information content (AvgIpc) is 3.31. The van der Waals surface area contributed by atoms with Crippen molar-refractivity contribution in [3.63, 3.8) is 0 Å². The van der Waals surface area contributed by atoms with Crippen LogP contribution in [0.5, 0.6) is 69.0 Å². The third-order valence-corrected chi connectivity index (χ3v) is 16.1. The number of benzene rings is 6. The maximum atomic E-state index is 9.16. The smallest absolute Gasteiger partial charge is 0.413 e. The Morgan fingerprint density at radius 1 is 0.227 bits per heavy atom. The standard InChI is InChI=1S/C42H24N9O12P3/c43-25-52-31-1-13-37(14-2-31)58-64(59-38-15-3-32(4-16-38)53-26-44)49-65(60-39-17-5-33(6-18-39)54-27-45,61-40-19-7-34(8-20-40)55-28-46)51-66(50-64,62-41-21-9-35(10-22-41)56-29-47)63-42-23-11-36(12-24-42)57-30-48/h1-24H. The minimum Gasteiger partial charge on any atom is -0.413 e. The molecule has 0 N–H and O–H groups in total. The van der Waals surface area contributed by atoms with Crippen LogP contribution in [0.25, 0.3) is 0 Å². The van der Waals surface area contributed by atoms with E-state index in [0.717, 1.165) is 0 Å². The van der Waals surface area contributed by atoms with Gasteiger partial charge in [0.25, 0.3) is 37.5 Å². The first-order valence-corrected chi connectivity index (χ1v) is 22.8. The molecule has 0 fully saturated rings. The Hall–Kier alpha value is -9.45. The van der Waals surface area contributed by atoms with Crippen LogP contribution in [0.3, 0.4) is 0 Å². The summed E-state index contributed by atoms with van der Waals surface area (Å²) in [4.78, 5) is 0. The van der Waals surface area contributed by atoms with Crippen molar-refractivity contribution < 1.29 is 55.6 Å². The van der Waals surface area contributed by atoms with Crippen molar-refractivity contribution in [2.45, 2.75) is 0 Å². The number of hydrogen-bond donors (Lipinski definition) is 0. The minimum absolute atomic E-state index is 0.0654. The van der Waals surface area contributed by atoms with Gasteiger partial charge in [-0.3, -0.25) is 0 Å². The van der Waals surface area contributed by atoms with Crippen LogP contribution in [0, 0.1) is 69.1 Å². The number of nitrogens with zero attached hydrogens (tertiary/aromatic N) is 9. The molecule has 0 radical (unpaired) electrons. The lowest BCUT2D eigenvalue weighted by molar-refractivity contribution is 0.440. The molecule has 21 nitrogen and oxygen atoms in total. The van der Waals surface area contributed by atoms with Crippen LogP contribution < -0.4 is 55.6 Å². The molecule has 24 heteroatoms. The zero-order valence-corrected chi connectivity index (χ0v) is 35.8. The Labute approximate surface area is 374 Å². The van der Waals surface area contributed by atoms with Crippen LogP contribution in [-0.4, -0.2) is 0 Å². The van der Waals surface area contributed by atoms with E-state index in [1.165, 1.54) is 146 Å². The quantitative estimate of drug-likeness (QED) is 0.0571. The van der Waals surface area contributed by atoms with Gasteiger partial charge in [0, 0.05) is 0 Å². The molecule has 324 valence electrons. The molecular weight excluding hydrogens is 915 g/mol. The Morgan fingerprint density at radius 3 is 0.470 bits per heavy atom. The molecule has 6 aromatic carbocycles. The van der Waals surface area contributed by atoms with Crippen molar-refractivity contribution in [3.05, 3.63) is 146 Å². The normalized spacial score (nSPS) is 13.2. The predicted octanol–water partition coefficient (Wildman–Crippen LogP) is 11.5. The maximum absolute atomic E-state index is 9.16. The molecule has 0 saturated carbocycles. The first-order chi connectivity index (χ1) is 32.2. The Balaban J connectivity index is 1.55. The van der Waals surface area contributed by atoms with Crippen molar-refractivity contribution in [2.75, 3.05) is 0 Å². The molecule has 0 saturated heterocycles. The summed E-state index contributed by atoms with van der Waals surface area (Å²) in [6.07, 6.45) is 9.63. The van der Waals surface area contributed by atoms with E-state index in [9.17, 15) is 0 Å². The highest BCUT2D eigenvalue weighted by atomic mass is 31.3. The predicted molar refractivity (Wildman–Crippen MR) is 228 cm³/mol. The van der Waals surface area contributed by atoms with Crippen LogP contribution >= 0.6 is 23.0 Å². The van der Waals surface area contributed by atoms with Crippen LogP contribution in [0.2, 0.25) is 0 Å². The molecule has 0 unspecified atom stereocenters. The third kappa shape index (κ3) is 11.5. The Kier molecular flexibility index (Phi) is 13.9. The molecule has 0 amide bonds. The van der Waals surface area contributed by atoms with Crippen molar-refractivity contribution in [1.82, 2.24) is 0 Å². The monoisotopic (exact) mass is 939 g/mol. The highest BCUT2D eigenvalue weighted by molar-refractivity contribution is 7.79. The second kappa shape index (κ2) is 20.6. The Morgan fingerprint density at radius 2 is 0.348 bits per heavy atom. The average molecular weight is 940 g/mol. The molecule has 1 heterocycles. The highest BCUT2D eigenvalue weighted by Crippen LogP contribution is 2.78. The highest BCUT2D eigenvalue weighted by Gasteiger charge is 2.49. The van der Waals surface area contributed by atoms with Gasteiger partial charge in [0.15, 0.2) is 0 Å². The number of rotatable bonds is 18. The van der Waals surface area contributed by atoms with Gasteiger partial charge >= 0.3 is 23.0 Å². The molecule has 0 spiro atoms. The molecule has 6 aromatic rings. The zero-order valence-electron chi connectivity index (χ0n) is 33.1. The van der Waals surface area contributed by atoms with Crippen LogP contribution in [0.15, 0.2) is 159 Å². The first-order valence-electron chi connectivity index (χ1n) is 18.2. The number of ether oxygens (including phenoxy) is 6. The number of nitriles is 6. The topological polar surface area (TPSA) is 291 Å². The third-order valence-electron chi connectivity index (χ3n) is 7.95. The van der Waals surface area contributed by atoms with Crippen molar-refractivity contribution in [1.29, 1.82) is 31.6 Å². The van der Waals surface area contributed by atoms with Gasteiger partial charge in [0.1, 0.15) is 69.0 Å². The molecule has 1 aliphatic heterocycles. The second-order valence-electron chi connectivity index (χ2n) is 12.3. The summed E-state index contributed by atoms with van der Waals surface area (Å²) in [6.45, 7) is 0. The van der Waals surface area contributed by atoms with E-state index in [-0.39, 0.29) is 69.0 Å². The van der Waals surface area contributed by atoms with Crippen molar-refractivity contribution in [3.8, 4) is 107 Å². The van der Waals surface area contributed by atoms with E-state index in [1.807, 2.05) is 0 Å². The van der Waals surface area contributed by atoms with Gasteiger partial charge in [-0.15, -0.1) is 31.6 Å². The number of hydrogen-bond acceptors (Lipinski definition) is 21. The van der Waals surface area contributed by atoms with Gasteiger partial charge in [0.2, 0.25) is 0 Å². The lowest BCUT2D eigenvalue weighted by Crippen LogP contribution is -2.11. The fraction of sp³-hybridized carbons (Fsp3) is 0. The van der Waals surface area contributed by atoms with E-state index < -0.39 is 23.0 Å². The van der Waals surface area contributed by atoms with Gasteiger partial charge < -0.3 is 55.6 Å². The van der Waals surface area contributed by atoms with Crippen molar-refractivity contribution in [2.24, 2.45) is 13.5 Å². The SMILES string of the molecule is N#COc1ccc(OP2(Oc3ccc(OC#N)cc3)=NP(Oc3ccc(OC#N)cc3)(Oc3ccc(OC#N)cc3)=NP(Oc3ccc(OC#N)cc3)(Oc3ccc(OC#N)cc3)=N2)cc1. The summed E-state index contributed by atoms with van der Waals surface area (Å²) in [5.41, 5.74) is 0. The largest absolute Gasteiger partial charge is 0.460 e.